The van der Waals surface area contributed by atoms with Crippen molar-refractivity contribution in [1.29, 1.82) is 0 Å². The molecule has 1 heterocycles. The van der Waals surface area contributed by atoms with Gasteiger partial charge in [0.05, 0.1) is 19.8 Å². The van der Waals surface area contributed by atoms with Crippen molar-refractivity contribution < 1.29 is 4.74 Å². The molecular formula is C15H24N4O. The fourth-order valence-corrected chi connectivity index (χ4v) is 2.17. The van der Waals surface area contributed by atoms with Crippen molar-refractivity contribution in [2.24, 2.45) is 10.7 Å². The van der Waals surface area contributed by atoms with Crippen molar-refractivity contribution in [3.8, 4) is 0 Å². The lowest BCUT2D eigenvalue weighted by atomic mass is 10.1. The Morgan fingerprint density at radius 3 is 2.75 bits per heavy atom. The molecule has 20 heavy (non-hydrogen) atoms. The van der Waals surface area contributed by atoms with Crippen LogP contribution in [0.3, 0.4) is 0 Å². The van der Waals surface area contributed by atoms with E-state index in [0.29, 0.717) is 5.96 Å². The van der Waals surface area contributed by atoms with Gasteiger partial charge in [-0.25, -0.2) is 0 Å². The van der Waals surface area contributed by atoms with Crippen molar-refractivity contribution in [3.63, 3.8) is 0 Å². The maximum atomic E-state index is 5.85. The summed E-state index contributed by atoms with van der Waals surface area (Å²) in [7, 11) is 0. The normalized spacial score (nSPS) is 17.1. The quantitative estimate of drug-likeness (QED) is 0.585. The minimum Gasteiger partial charge on any atom is -0.379 e. The van der Waals surface area contributed by atoms with Crippen LogP contribution in [0.2, 0.25) is 0 Å². The number of hydrogen-bond acceptors (Lipinski definition) is 3. The van der Waals surface area contributed by atoms with Gasteiger partial charge in [0.25, 0.3) is 0 Å². The second kappa shape index (κ2) is 8.55. The van der Waals surface area contributed by atoms with E-state index in [1.54, 1.807) is 0 Å². The van der Waals surface area contributed by atoms with Crippen LogP contribution in [0.4, 0.5) is 0 Å². The zero-order valence-corrected chi connectivity index (χ0v) is 11.9. The average Bonchev–Trinajstić information content (AvgIpc) is 2.49. The van der Waals surface area contributed by atoms with E-state index < -0.39 is 0 Å². The number of rotatable bonds is 6. The molecule has 1 aromatic carbocycles. The van der Waals surface area contributed by atoms with Crippen LogP contribution in [0.1, 0.15) is 5.56 Å². The van der Waals surface area contributed by atoms with Gasteiger partial charge in [-0.1, -0.05) is 30.3 Å². The van der Waals surface area contributed by atoms with E-state index in [-0.39, 0.29) is 0 Å². The second-order valence-corrected chi connectivity index (χ2v) is 4.88. The van der Waals surface area contributed by atoms with Gasteiger partial charge in [-0.2, -0.15) is 0 Å². The van der Waals surface area contributed by atoms with E-state index in [4.69, 9.17) is 10.5 Å². The van der Waals surface area contributed by atoms with Crippen molar-refractivity contribution in [1.82, 2.24) is 10.2 Å². The van der Waals surface area contributed by atoms with Crippen molar-refractivity contribution in [3.05, 3.63) is 35.9 Å². The third-order valence-electron chi connectivity index (χ3n) is 3.36. The number of hydrogen-bond donors (Lipinski definition) is 2. The molecular weight excluding hydrogens is 252 g/mol. The van der Waals surface area contributed by atoms with E-state index in [0.717, 1.165) is 52.4 Å². The summed E-state index contributed by atoms with van der Waals surface area (Å²) >= 11 is 0. The highest BCUT2D eigenvalue weighted by molar-refractivity contribution is 5.77. The first-order valence-electron chi connectivity index (χ1n) is 7.22. The topological polar surface area (TPSA) is 62.9 Å². The van der Waals surface area contributed by atoms with Crippen molar-refractivity contribution in [2.75, 3.05) is 45.9 Å². The maximum absolute atomic E-state index is 5.85. The third-order valence-corrected chi connectivity index (χ3v) is 3.36. The highest BCUT2D eigenvalue weighted by Crippen LogP contribution is 1.98. The smallest absolute Gasteiger partial charge is 0.188 e. The summed E-state index contributed by atoms with van der Waals surface area (Å²) in [4.78, 5) is 6.70. The van der Waals surface area contributed by atoms with Crippen LogP contribution in [-0.2, 0) is 11.2 Å². The van der Waals surface area contributed by atoms with Gasteiger partial charge in [0.15, 0.2) is 5.96 Å². The molecule has 1 aliphatic rings. The lowest BCUT2D eigenvalue weighted by molar-refractivity contribution is 0.0394. The van der Waals surface area contributed by atoms with E-state index in [2.05, 4.69) is 39.5 Å². The Morgan fingerprint density at radius 1 is 1.25 bits per heavy atom. The largest absolute Gasteiger partial charge is 0.379 e. The molecule has 0 saturated carbocycles. The first-order chi connectivity index (χ1) is 9.84. The number of nitrogens with one attached hydrogen (secondary N) is 1. The summed E-state index contributed by atoms with van der Waals surface area (Å²) < 4.78 is 5.31. The molecule has 5 heteroatoms. The summed E-state index contributed by atoms with van der Waals surface area (Å²) in [6.07, 6.45) is 0.959. The average molecular weight is 276 g/mol. The number of morpholine rings is 1. The van der Waals surface area contributed by atoms with E-state index in [9.17, 15) is 0 Å². The van der Waals surface area contributed by atoms with Crippen LogP contribution in [-0.4, -0.2) is 56.8 Å². The monoisotopic (exact) mass is 276 g/mol. The third kappa shape index (κ3) is 5.59. The molecule has 1 fully saturated rings. The molecule has 1 aromatic rings. The van der Waals surface area contributed by atoms with E-state index in [1.807, 2.05) is 6.07 Å². The van der Waals surface area contributed by atoms with Gasteiger partial charge in [-0.05, 0) is 12.0 Å². The second-order valence-electron chi connectivity index (χ2n) is 4.88. The fourth-order valence-electron chi connectivity index (χ4n) is 2.17. The van der Waals surface area contributed by atoms with Crippen molar-refractivity contribution >= 4 is 5.96 Å². The molecule has 0 aromatic heterocycles. The Morgan fingerprint density at radius 2 is 2.00 bits per heavy atom. The molecule has 0 aliphatic carbocycles. The minimum absolute atomic E-state index is 0.536. The highest BCUT2D eigenvalue weighted by Gasteiger charge is 2.08. The lowest BCUT2D eigenvalue weighted by Crippen LogP contribution is -2.38. The number of ether oxygens (including phenoxy) is 1. The Bertz CT molecular complexity index is 402. The van der Waals surface area contributed by atoms with Crippen LogP contribution >= 0.6 is 0 Å². The first kappa shape index (κ1) is 14.8. The van der Waals surface area contributed by atoms with Crippen LogP contribution in [0.25, 0.3) is 0 Å². The predicted molar refractivity (Wildman–Crippen MR) is 81.9 cm³/mol. The number of nitrogens with two attached hydrogens (primary N) is 1. The van der Waals surface area contributed by atoms with Gasteiger partial charge in [0.1, 0.15) is 0 Å². The van der Waals surface area contributed by atoms with Crippen LogP contribution < -0.4 is 11.1 Å². The maximum Gasteiger partial charge on any atom is 0.188 e. The SMILES string of the molecule is NC(=NCCN1CCOCC1)NCCc1ccccc1. The summed E-state index contributed by atoms with van der Waals surface area (Å²) in [5.41, 5.74) is 7.16. The van der Waals surface area contributed by atoms with Crippen LogP contribution in [0.15, 0.2) is 35.3 Å². The van der Waals surface area contributed by atoms with Gasteiger partial charge in [-0.15, -0.1) is 0 Å². The van der Waals surface area contributed by atoms with E-state index >= 15 is 0 Å². The first-order valence-corrected chi connectivity index (χ1v) is 7.22. The molecule has 0 bridgehead atoms. The zero-order valence-electron chi connectivity index (χ0n) is 11.9. The van der Waals surface area contributed by atoms with Gasteiger partial charge in [0.2, 0.25) is 0 Å². The summed E-state index contributed by atoms with van der Waals surface area (Å²) in [5.74, 6) is 0.536. The molecule has 0 atom stereocenters. The predicted octanol–water partition coefficient (Wildman–Crippen LogP) is 0.466. The van der Waals surface area contributed by atoms with Gasteiger partial charge in [0, 0.05) is 26.2 Å². The van der Waals surface area contributed by atoms with Crippen molar-refractivity contribution in [2.45, 2.75) is 6.42 Å². The Kier molecular flexibility index (Phi) is 6.34. The molecule has 1 saturated heterocycles. The molecule has 0 radical (unpaired) electrons. The standard InChI is InChI=1S/C15H24N4O/c16-15(17-7-6-14-4-2-1-3-5-14)18-8-9-19-10-12-20-13-11-19/h1-5H,6-13H2,(H3,16,17,18). The Balaban J connectivity index is 1.59. The zero-order chi connectivity index (χ0) is 14.0. The number of aliphatic imine (C=N–C) groups is 1. The fraction of sp³-hybridized carbons (Fsp3) is 0.533. The molecule has 0 unspecified atom stereocenters. The molecule has 3 N–H and O–H groups in total. The molecule has 110 valence electrons. The van der Waals surface area contributed by atoms with Gasteiger partial charge < -0.3 is 15.8 Å². The Labute approximate surface area is 120 Å². The van der Waals surface area contributed by atoms with Crippen LogP contribution in [0, 0.1) is 0 Å². The van der Waals surface area contributed by atoms with E-state index in [1.165, 1.54) is 5.56 Å². The summed E-state index contributed by atoms with van der Waals surface area (Å²) in [6.45, 7) is 6.16. The number of guanidine groups is 1. The molecule has 5 nitrogen and oxygen atoms in total. The number of benzene rings is 1. The summed E-state index contributed by atoms with van der Waals surface area (Å²) in [5, 5.41) is 3.15. The molecule has 0 amide bonds. The Hall–Kier alpha value is -1.59. The van der Waals surface area contributed by atoms with Gasteiger partial charge >= 0.3 is 0 Å². The van der Waals surface area contributed by atoms with Gasteiger partial charge in [-0.3, -0.25) is 9.89 Å². The summed E-state index contributed by atoms with van der Waals surface area (Å²) in [6, 6.07) is 10.4. The lowest BCUT2D eigenvalue weighted by Gasteiger charge is -2.25. The highest BCUT2D eigenvalue weighted by atomic mass is 16.5. The number of nitrogens with zero attached hydrogens (tertiary/aromatic N) is 2. The molecule has 1 aliphatic heterocycles. The van der Waals surface area contributed by atoms with Crippen LogP contribution in [0.5, 0.6) is 0 Å². The molecule has 0 spiro atoms. The minimum atomic E-state index is 0.536. The molecule has 2 rings (SSSR count).